The van der Waals surface area contributed by atoms with Crippen molar-refractivity contribution in [2.45, 2.75) is 50.7 Å². The molecule has 1 aromatic rings. The summed E-state index contributed by atoms with van der Waals surface area (Å²) in [5, 5.41) is 12.0. The number of sulfone groups is 1. The first-order valence-electron chi connectivity index (χ1n) is 8.35. The number of hydrogen-bond donors (Lipinski definition) is 1. The Morgan fingerprint density at radius 2 is 2.08 bits per heavy atom. The molecule has 0 saturated carbocycles. The number of nitrogens with zero attached hydrogens (tertiary/aromatic N) is 3. The van der Waals surface area contributed by atoms with Gasteiger partial charge in [0.15, 0.2) is 15.0 Å². The summed E-state index contributed by atoms with van der Waals surface area (Å²) in [6, 6.07) is 0.220. The van der Waals surface area contributed by atoms with Gasteiger partial charge < -0.3 is 9.88 Å². The average molecular weight is 375 g/mol. The number of aromatic nitrogens is 3. The Balaban J connectivity index is 1.87. The van der Waals surface area contributed by atoms with Crippen molar-refractivity contribution < 1.29 is 13.2 Å². The number of carbonyl (C=O) groups excluding carboxylic acids is 1. The number of amides is 1. The van der Waals surface area contributed by atoms with Crippen LogP contribution in [0.5, 0.6) is 0 Å². The molecule has 24 heavy (non-hydrogen) atoms. The standard InChI is InChI=1S/C15H26N4O3S2/c1-4-12(5-2)16-14(20)9-23-15-18-17-13(19(15)3)8-11-6-7-24(21,22)10-11/h11-12H,4-10H2,1-3H3,(H,16,20)/t11-/m0/s1. The van der Waals surface area contributed by atoms with E-state index in [0.717, 1.165) is 18.7 Å². The first-order valence-corrected chi connectivity index (χ1v) is 11.2. The molecule has 2 rings (SSSR count). The molecule has 1 fully saturated rings. The van der Waals surface area contributed by atoms with Crippen LogP contribution >= 0.6 is 11.8 Å². The molecule has 1 atom stereocenters. The van der Waals surface area contributed by atoms with Crippen LogP contribution in [-0.4, -0.2) is 52.4 Å². The Morgan fingerprint density at radius 3 is 2.67 bits per heavy atom. The highest BCUT2D eigenvalue weighted by Gasteiger charge is 2.29. The highest BCUT2D eigenvalue weighted by atomic mass is 32.2. The van der Waals surface area contributed by atoms with Gasteiger partial charge in [-0.05, 0) is 25.2 Å². The zero-order chi connectivity index (χ0) is 17.7. The Bertz CT molecular complexity index is 668. The summed E-state index contributed by atoms with van der Waals surface area (Å²) in [6.07, 6.45) is 3.15. The summed E-state index contributed by atoms with van der Waals surface area (Å²) in [4.78, 5) is 12.0. The molecule has 1 aromatic heterocycles. The van der Waals surface area contributed by atoms with Crippen LogP contribution in [0.15, 0.2) is 5.16 Å². The maximum atomic E-state index is 12.0. The van der Waals surface area contributed by atoms with E-state index in [2.05, 4.69) is 29.4 Å². The molecule has 2 heterocycles. The lowest BCUT2D eigenvalue weighted by molar-refractivity contribution is -0.119. The molecule has 1 amide bonds. The lowest BCUT2D eigenvalue weighted by Gasteiger charge is -2.14. The Kier molecular flexibility index (Phi) is 6.68. The summed E-state index contributed by atoms with van der Waals surface area (Å²) in [5.41, 5.74) is 0. The van der Waals surface area contributed by atoms with E-state index >= 15 is 0 Å². The molecular weight excluding hydrogens is 348 g/mol. The third-order valence-electron chi connectivity index (χ3n) is 4.41. The molecule has 1 aliphatic heterocycles. The smallest absolute Gasteiger partial charge is 0.230 e. The van der Waals surface area contributed by atoms with Crippen LogP contribution in [0.25, 0.3) is 0 Å². The van der Waals surface area contributed by atoms with Gasteiger partial charge in [0.05, 0.1) is 17.3 Å². The van der Waals surface area contributed by atoms with Crippen LogP contribution in [0.1, 0.15) is 38.9 Å². The number of hydrogen-bond acceptors (Lipinski definition) is 6. The molecule has 0 spiro atoms. The van der Waals surface area contributed by atoms with Gasteiger partial charge in [-0.25, -0.2) is 8.42 Å². The minimum atomic E-state index is -2.88. The third kappa shape index (κ3) is 5.20. The van der Waals surface area contributed by atoms with E-state index in [1.165, 1.54) is 11.8 Å². The van der Waals surface area contributed by atoms with Crippen LogP contribution < -0.4 is 5.32 Å². The monoisotopic (exact) mass is 374 g/mol. The van der Waals surface area contributed by atoms with Gasteiger partial charge in [0.25, 0.3) is 0 Å². The van der Waals surface area contributed by atoms with Gasteiger partial charge in [0, 0.05) is 19.5 Å². The molecule has 136 valence electrons. The number of nitrogens with one attached hydrogen (secondary N) is 1. The van der Waals surface area contributed by atoms with Crippen molar-refractivity contribution in [2.75, 3.05) is 17.3 Å². The molecule has 0 bridgehead atoms. The molecular formula is C15H26N4O3S2. The highest BCUT2D eigenvalue weighted by Crippen LogP contribution is 2.23. The summed E-state index contributed by atoms with van der Waals surface area (Å²) in [7, 11) is -1.01. The molecule has 1 N–H and O–H groups in total. The maximum Gasteiger partial charge on any atom is 0.230 e. The Labute approximate surface area is 147 Å². The minimum Gasteiger partial charge on any atom is -0.353 e. The fourth-order valence-electron chi connectivity index (χ4n) is 2.83. The average Bonchev–Trinajstić information content (AvgIpc) is 3.06. The quantitative estimate of drug-likeness (QED) is 0.687. The minimum absolute atomic E-state index is 0.000126. The van der Waals surface area contributed by atoms with Gasteiger partial charge in [-0.15, -0.1) is 10.2 Å². The molecule has 0 aromatic carbocycles. The largest absolute Gasteiger partial charge is 0.353 e. The van der Waals surface area contributed by atoms with E-state index in [1.807, 2.05) is 11.6 Å². The van der Waals surface area contributed by atoms with Crippen LogP contribution in [0, 0.1) is 5.92 Å². The van der Waals surface area contributed by atoms with Gasteiger partial charge in [-0.1, -0.05) is 25.6 Å². The van der Waals surface area contributed by atoms with Crippen LogP contribution in [-0.2, 0) is 28.1 Å². The molecule has 9 heteroatoms. The van der Waals surface area contributed by atoms with Gasteiger partial charge in [0.2, 0.25) is 5.91 Å². The van der Waals surface area contributed by atoms with Gasteiger partial charge in [-0.3, -0.25) is 4.79 Å². The fourth-order valence-corrected chi connectivity index (χ4v) is 5.43. The molecule has 0 unspecified atom stereocenters. The maximum absolute atomic E-state index is 12.0. The first kappa shape index (κ1) is 19.2. The zero-order valence-corrected chi connectivity index (χ0v) is 16.1. The number of rotatable bonds is 8. The summed E-state index contributed by atoms with van der Waals surface area (Å²) < 4.78 is 25.0. The SMILES string of the molecule is CCC(CC)NC(=O)CSc1nnc(C[C@@H]2CCS(=O)(=O)C2)n1C. The second-order valence-electron chi connectivity index (χ2n) is 6.30. The molecule has 7 nitrogen and oxygen atoms in total. The van der Waals surface area contributed by atoms with Gasteiger partial charge in [0.1, 0.15) is 5.82 Å². The Hall–Kier alpha value is -1.09. The second-order valence-corrected chi connectivity index (χ2v) is 9.47. The summed E-state index contributed by atoms with van der Waals surface area (Å²) in [5.74, 6) is 1.71. The van der Waals surface area contributed by atoms with Gasteiger partial charge >= 0.3 is 0 Å². The van der Waals surface area contributed by atoms with Crippen LogP contribution in [0.3, 0.4) is 0 Å². The first-order chi connectivity index (χ1) is 11.3. The number of thioether (sulfide) groups is 1. The van der Waals surface area contributed by atoms with Crippen molar-refractivity contribution in [3.63, 3.8) is 0 Å². The van der Waals surface area contributed by atoms with E-state index in [4.69, 9.17) is 0 Å². The fraction of sp³-hybridized carbons (Fsp3) is 0.800. The summed E-state index contributed by atoms with van der Waals surface area (Å²) >= 11 is 1.36. The van der Waals surface area contributed by atoms with Crippen molar-refractivity contribution in [1.82, 2.24) is 20.1 Å². The van der Waals surface area contributed by atoms with Crippen LogP contribution in [0.2, 0.25) is 0 Å². The molecule has 1 aliphatic rings. The second kappa shape index (κ2) is 8.33. The molecule has 1 saturated heterocycles. The van der Waals surface area contributed by atoms with Crippen molar-refractivity contribution in [1.29, 1.82) is 0 Å². The van der Waals surface area contributed by atoms with E-state index in [-0.39, 0.29) is 29.4 Å². The van der Waals surface area contributed by atoms with E-state index in [0.29, 0.717) is 23.8 Å². The van der Waals surface area contributed by atoms with Crippen molar-refractivity contribution in [2.24, 2.45) is 13.0 Å². The Morgan fingerprint density at radius 1 is 1.38 bits per heavy atom. The highest BCUT2D eigenvalue weighted by molar-refractivity contribution is 7.99. The van der Waals surface area contributed by atoms with E-state index in [1.54, 1.807) is 0 Å². The lowest BCUT2D eigenvalue weighted by atomic mass is 10.1. The van der Waals surface area contributed by atoms with E-state index in [9.17, 15) is 13.2 Å². The van der Waals surface area contributed by atoms with Crippen molar-refractivity contribution in [3.05, 3.63) is 5.82 Å². The predicted octanol–water partition coefficient (Wildman–Crippen LogP) is 1.19. The topological polar surface area (TPSA) is 94.0 Å². The van der Waals surface area contributed by atoms with Crippen molar-refractivity contribution in [3.8, 4) is 0 Å². The lowest BCUT2D eigenvalue weighted by Crippen LogP contribution is -2.35. The molecule has 0 radical (unpaired) electrons. The third-order valence-corrected chi connectivity index (χ3v) is 7.26. The number of carbonyl (C=O) groups is 1. The molecule has 0 aliphatic carbocycles. The van der Waals surface area contributed by atoms with E-state index < -0.39 is 9.84 Å². The van der Waals surface area contributed by atoms with Gasteiger partial charge in [-0.2, -0.15) is 0 Å². The summed E-state index contributed by atoms with van der Waals surface area (Å²) in [6.45, 7) is 4.11. The normalized spacial score (nSPS) is 19.8. The van der Waals surface area contributed by atoms with Crippen LogP contribution in [0.4, 0.5) is 0 Å². The predicted molar refractivity (Wildman–Crippen MR) is 94.7 cm³/mol. The zero-order valence-electron chi connectivity index (χ0n) is 14.5. The van der Waals surface area contributed by atoms with Crippen molar-refractivity contribution >= 4 is 27.5 Å².